The number of allylic oxidation sites excluding steroid dienone is 4. The molecule has 0 saturated heterocycles. The second-order valence-electron chi connectivity index (χ2n) is 6.46. The maximum atomic E-state index is 2.41. The number of hydrogen-bond donors (Lipinski definition) is 0. The Hall–Kier alpha value is -0.520. The summed E-state index contributed by atoms with van der Waals surface area (Å²) in [5.74, 6) is 0. The molecule has 0 spiro atoms. The van der Waals surface area contributed by atoms with E-state index in [2.05, 4.69) is 65.8 Å². The molecule has 80 valence electrons. The molecular formula is C14H24. The Balaban J connectivity index is 3.18. The van der Waals surface area contributed by atoms with Crippen molar-refractivity contribution in [3.8, 4) is 0 Å². The third-order valence-electron chi connectivity index (χ3n) is 3.74. The van der Waals surface area contributed by atoms with E-state index in [-0.39, 0.29) is 5.41 Å². The van der Waals surface area contributed by atoms with Crippen molar-refractivity contribution in [2.45, 2.75) is 48.0 Å². The van der Waals surface area contributed by atoms with Crippen molar-refractivity contribution >= 4 is 0 Å². The highest BCUT2D eigenvalue weighted by molar-refractivity contribution is 5.22. The summed E-state index contributed by atoms with van der Waals surface area (Å²) in [6.07, 6.45) is 10.2. The van der Waals surface area contributed by atoms with Crippen LogP contribution in [0.2, 0.25) is 0 Å². The fraction of sp³-hybridized carbons (Fsp3) is 0.714. The molecule has 0 N–H and O–H groups in total. The molecule has 0 aromatic carbocycles. The van der Waals surface area contributed by atoms with Gasteiger partial charge in [0.25, 0.3) is 0 Å². The van der Waals surface area contributed by atoms with Gasteiger partial charge in [-0.2, -0.15) is 0 Å². The van der Waals surface area contributed by atoms with Crippen LogP contribution < -0.4 is 0 Å². The van der Waals surface area contributed by atoms with Crippen molar-refractivity contribution in [3.05, 3.63) is 24.3 Å². The molecule has 0 bridgehead atoms. The quantitative estimate of drug-likeness (QED) is 0.527. The van der Waals surface area contributed by atoms with E-state index >= 15 is 0 Å². The van der Waals surface area contributed by atoms with E-state index in [0.29, 0.717) is 10.8 Å². The first-order valence-electron chi connectivity index (χ1n) is 5.55. The van der Waals surface area contributed by atoms with Gasteiger partial charge < -0.3 is 0 Å². The SMILES string of the molecule is CC(C)(C)C1(C(C)(C)C)C=CC=CC1. The van der Waals surface area contributed by atoms with Crippen LogP contribution in [0.15, 0.2) is 24.3 Å². The fourth-order valence-corrected chi connectivity index (χ4v) is 2.86. The van der Waals surface area contributed by atoms with E-state index in [9.17, 15) is 0 Å². The molecule has 0 nitrogen and oxygen atoms in total. The minimum absolute atomic E-state index is 0.286. The Labute approximate surface area is 89.1 Å². The van der Waals surface area contributed by atoms with Gasteiger partial charge in [-0.25, -0.2) is 0 Å². The van der Waals surface area contributed by atoms with Crippen LogP contribution in [-0.2, 0) is 0 Å². The van der Waals surface area contributed by atoms with Gasteiger partial charge in [0.2, 0.25) is 0 Å². The maximum absolute atomic E-state index is 2.41. The van der Waals surface area contributed by atoms with E-state index < -0.39 is 0 Å². The lowest BCUT2D eigenvalue weighted by Gasteiger charge is -2.52. The predicted molar refractivity (Wildman–Crippen MR) is 64.2 cm³/mol. The molecule has 0 amide bonds. The Kier molecular flexibility index (Phi) is 2.69. The first-order valence-corrected chi connectivity index (χ1v) is 5.55. The van der Waals surface area contributed by atoms with Gasteiger partial charge in [-0.05, 0) is 17.3 Å². The highest BCUT2D eigenvalue weighted by atomic mass is 14.5. The fourth-order valence-electron chi connectivity index (χ4n) is 2.86. The molecule has 0 unspecified atom stereocenters. The molecule has 14 heavy (non-hydrogen) atoms. The molecule has 0 aromatic heterocycles. The molecule has 1 rings (SSSR count). The van der Waals surface area contributed by atoms with Crippen molar-refractivity contribution in [3.63, 3.8) is 0 Å². The van der Waals surface area contributed by atoms with E-state index in [4.69, 9.17) is 0 Å². The summed E-state index contributed by atoms with van der Waals surface area (Å²) >= 11 is 0. The summed E-state index contributed by atoms with van der Waals surface area (Å²) in [5, 5.41) is 0. The molecule has 1 aliphatic rings. The van der Waals surface area contributed by atoms with E-state index in [1.54, 1.807) is 0 Å². The highest BCUT2D eigenvalue weighted by Gasteiger charge is 2.47. The van der Waals surface area contributed by atoms with E-state index in [0.717, 1.165) is 6.42 Å². The molecule has 0 saturated carbocycles. The van der Waals surface area contributed by atoms with Crippen LogP contribution in [0.5, 0.6) is 0 Å². The van der Waals surface area contributed by atoms with Crippen molar-refractivity contribution < 1.29 is 0 Å². The summed E-state index contributed by atoms with van der Waals surface area (Å²) in [5.41, 5.74) is 0.910. The molecule has 0 radical (unpaired) electrons. The maximum Gasteiger partial charge on any atom is 0.00164 e. The second kappa shape index (κ2) is 3.25. The molecule has 0 fully saturated rings. The average molecular weight is 192 g/mol. The standard InChI is InChI=1S/C14H24/c1-12(2,3)14(13(4,5)6)10-8-7-9-11-14/h7-10H,11H2,1-6H3. The molecule has 0 aliphatic heterocycles. The van der Waals surface area contributed by atoms with Crippen molar-refractivity contribution in [2.24, 2.45) is 16.2 Å². The topological polar surface area (TPSA) is 0 Å². The van der Waals surface area contributed by atoms with Crippen LogP contribution in [0.1, 0.15) is 48.0 Å². The first-order chi connectivity index (χ1) is 6.21. The van der Waals surface area contributed by atoms with Crippen LogP contribution in [0.3, 0.4) is 0 Å². The average Bonchev–Trinajstić information content (AvgIpc) is 2.02. The zero-order chi connectivity index (χ0) is 11.0. The molecule has 0 heterocycles. The number of hydrogen-bond acceptors (Lipinski definition) is 0. The van der Waals surface area contributed by atoms with Crippen molar-refractivity contribution in [2.75, 3.05) is 0 Å². The Morgan fingerprint density at radius 3 is 1.57 bits per heavy atom. The summed E-state index contributed by atoms with van der Waals surface area (Å²) in [7, 11) is 0. The molecule has 0 atom stereocenters. The zero-order valence-electron chi connectivity index (χ0n) is 10.5. The van der Waals surface area contributed by atoms with Gasteiger partial charge in [0.15, 0.2) is 0 Å². The summed E-state index contributed by atoms with van der Waals surface area (Å²) in [4.78, 5) is 0. The minimum Gasteiger partial charge on any atom is -0.0836 e. The summed E-state index contributed by atoms with van der Waals surface area (Å²) < 4.78 is 0. The molecule has 0 heteroatoms. The Bertz CT molecular complexity index is 239. The van der Waals surface area contributed by atoms with Gasteiger partial charge in [0.1, 0.15) is 0 Å². The lowest BCUT2D eigenvalue weighted by Crippen LogP contribution is -2.45. The van der Waals surface area contributed by atoms with Gasteiger partial charge >= 0.3 is 0 Å². The third kappa shape index (κ3) is 1.67. The lowest BCUT2D eigenvalue weighted by molar-refractivity contribution is 0.0191. The second-order valence-corrected chi connectivity index (χ2v) is 6.46. The minimum atomic E-state index is 0.286. The zero-order valence-corrected chi connectivity index (χ0v) is 10.5. The van der Waals surface area contributed by atoms with Gasteiger partial charge in [-0.3, -0.25) is 0 Å². The Morgan fingerprint density at radius 2 is 1.36 bits per heavy atom. The van der Waals surface area contributed by atoms with Gasteiger partial charge in [0.05, 0.1) is 0 Å². The monoisotopic (exact) mass is 192 g/mol. The smallest absolute Gasteiger partial charge is 0.00164 e. The van der Waals surface area contributed by atoms with Gasteiger partial charge in [-0.15, -0.1) is 0 Å². The predicted octanol–water partition coefficient (Wildman–Crippen LogP) is 4.58. The van der Waals surface area contributed by atoms with Crippen molar-refractivity contribution in [1.29, 1.82) is 0 Å². The third-order valence-corrected chi connectivity index (χ3v) is 3.74. The van der Waals surface area contributed by atoms with Crippen LogP contribution in [0, 0.1) is 16.2 Å². The van der Waals surface area contributed by atoms with Gasteiger partial charge in [-0.1, -0.05) is 65.8 Å². The van der Waals surface area contributed by atoms with Crippen LogP contribution in [-0.4, -0.2) is 0 Å². The Morgan fingerprint density at radius 1 is 0.857 bits per heavy atom. The highest BCUT2D eigenvalue weighted by Crippen LogP contribution is 2.56. The first kappa shape index (κ1) is 11.6. The van der Waals surface area contributed by atoms with Gasteiger partial charge in [0, 0.05) is 5.41 Å². The van der Waals surface area contributed by atoms with Crippen molar-refractivity contribution in [1.82, 2.24) is 0 Å². The largest absolute Gasteiger partial charge is 0.0836 e. The van der Waals surface area contributed by atoms with Crippen LogP contribution >= 0.6 is 0 Å². The normalized spacial score (nSPS) is 21.3. The van der Waals surface area contributed by atoms with E-state index in [1.165, 1.54) is 0 Å². The van der Waals surface area contributed by atoms with E-state index in [1.807, 2.05) is 0 Å². The molecule has 1 aliphatic carbocycles. The number of rotatable bonds is 0. The van der Waals surface area contributed by atoms with Crippen LogP contribution in [0.4, 0.5) is 0 Å². The lowest BCUT2D eigenvalue weighted by atomic mass is 9.52. The van der Waals surface area contributed by atoms with Crippen LogP contribution in [0.25, 0.3) is 0 Å². The summed E-state index contributed by atoms with van der Waals surface area (Å²) in [6, 6.07) is 0. The summed E-state index contributed by atoms with van der Waals surface area (Å²) in [6.45, 7) is 14.1. The molecular weight excluding hydrogens is 168 g/mol. The molecule has 0 aromatic rings.